The molecular weight excluding hydrogens is 471 g/mol. The molecule has 0 aromatic carbocycles. The summed E-state index contributed by atoms with van der Waals surface area (Å²) < 4.78 is 14.2. The Labute approximate surface area is 204 Å². The SMILES string of the molecule is O=C1NC(=O)C(=Cc2ccnc(N3CCC(CNCc4cc(-c5ccn[nH]5)ncc4F)CC3)n2)S1. The van der Waals surface area contributed by atoms with Crippen LogP contribution in [-0.2, 0) is 11.3 Å². The lowest BCUT2D eigenvalue weighted by Crippen LogP contribution is -2.38. The lowest BCUT2D eigenvalue weighted by Gasteiger charge is -2.32. The fourth-order valence-electron chi connectivity index (χ4n) is 4.06. The average Bonchev–Trinajstić information content (AvgIpc) is 3.51. The van der Waals surface area contributed by atoms with E-state index in [0.29, 0.717) is 40.3 Å². The summed E-state index contributed by atoms with van der Waals surface area (Å²) in [6.45, 7) is 2.80. The molecule has 3 aromatic rings. The highest BCUT2D eigenvalue weighted by Crippen LogP contribution is 2.26. The van der Waals surface area contributed by atoms with Crippen LogP contribution in [0, 0.1) is 11.7 Å². The van der Waals surface area contributed by atoms with Crippen LogP contribution < -0.4 is 15.5 Å². The van der Waals surface area contributed by atoms with Crippen LogP contribution in [-0.4, -0.2) is 55.9 Å². The van der Waals surface area contributed by atoms with Gasteiger partial charge >= 0.3 is 0 Å². The second kappa shape index (κ2) is 10.3. The molecule has 0 saturated carbocycles. The highest BCUT2D eigenvalue weighted by atomic mass is 32.2. The van der Waals surface area contributed by atoms with Crippen molar-refractivity contribution in [2.24, 2.45) is 5.92 Å². The van der Waals surface area contributed by atoms with E-state index in [9.17, 15) is 14.0 Å². The predicted octanol–water partition coefficient (Wildman–Crippen LogP) is 2.73. The standard InChI is InChI=1S/C23H23FN8O2S/c24-17-13-27-19(18-2-6-28-31-18)9-15(17)12-25-11-14-3-7-32(8-4-14)22-26-5-1-16(29-22)10-20-21(33)30-23(34)35-20/h1-2,5-6,9-10,13-14,25H,3-4,7-8,11-12H2,(H,28,31)(H,30,33,34). The number of carbonyl (C=O) groups is 2. The van der Waals surface area contributed by atoms with Crippen LogP contribution in [0.15, 0.2) is 41.7 Å². The summed E-state index contributed by atoms with van der Waals surface area (Å²) >= 11 is 0.866. The molecule has 3 N–H and O–H groups in total. The van der Waals surface area contributed by atoms with Crippen molar-refractivity contribution in [1.29, 1.82) is 0 Å². The maximum Gasteiger partial charge on any atom is 0.290 e. The molecule has 2 amide bonds. The molecule has 2 aliphatic rings. The van der Waals surface area contributed by atoms with Gasteiger partial charge in [0.1, 0.15) is 5.82 Å². The molecule has 5 rings (SSSR count). The Morgan fingerprint density at radius 3 is 2.80 bits per heavy atom. The first-order chi connectivity index (χ1) is 17.0. The molecule has 0 atom stereocenters. The molecule has 0 bridgehead atoms. The number of aromatic amines is 1. The molecular formula is C23H23FN8O2S. The molecule has 35 heavy (non-hydrogen) atoms. The third-order valence-corrected chi connectivity index (χ3v) is 6.75. The van der Waals surface area contributed by atoms with E-state index in [-0.39, 0.29) is 11.1 Å². The highest BCUT2D eigenvalue weighted by molar-refractivity contribution is 8.18. The van der Waals surface area contributed by atoms with Gasteiger partial charge in [0.2, 0.25) is 5.95 Å². The number of halogens is 1. The van der Waals surface area contributed by atoms with E-state index < -0.39 is 5.91 Å². The number of imide groups is 1. The van der Waals surface area contributed by atoms with Gasteiger partial charge in [0.15, 0.2) is 0 Å². The number of carbonyl (C=O) groups excluding carboxylic acids is 2. The number of pyridine rings is 1. The van der Waals surface area contributed by atoms with Crippen LogP contribution in [0.4, 0.5) is 15.1 Å². The summed E-state index contributed by atoms with van der Waals surface area (Å²) in [7, 11) is 0. The van der Waals surface area contributed by atoms with E-state index in [2.05, 4.69) is 40.7 Å². The Hall–Kier alpha value is -3.64. The Kier molecular flexibility index (Phi) is 6.82. The monoisotopic (exact) mass is 494 g/mol. The molecule has 0 spiro atoms. The minimum atomic E-state index is -0.405. The molecule has 0 aliphatic carbocycles. The van der Waals surface area contributed by atoms with Crippen LogP contribution in [0.3, 0.4) is 0 Å². The first-order valence-electron chi connectivity index (χ1n) is 11.2. The maximum absolute atomic E-state index is 14.2. The second-order valence-corrected chi connectivity index (χ2v) is 9.34. The Morgan fingerprint density at radius 1 is 1.20 bits per heavy atom. The Morgan fingerprint density at radius 2 is 2.06 bits per heavy atom. The molecule has 10 nitrogen and oxygen atoms in total. The molecule has 2 aliphatic heterocycles. The van der Waals surface area contributed by atoms with Crippen LogP contribution >= 0.6 is 11.8 Å². The van der Waals surface area contributed by atoms with E-state index >= 15 is 0 Å². The Balaban J connectivity index is 1.13. The van der Waals surface area contributed by atoms with Gasteiger partial charge in [-0.3, -0.25) is 25.0 Å². The first kappa shape index (κ1) is 23.1. The van der Waals surface area contributed by atoms with Crippen LogP contribution in [0.5, 0.6) is 0 Å². The average molecular weight is 495 g/mol. The fourth-order valence-corrected chi connectivity index (χ4v) is 4.73. The number of aromatic nitrogens is 5. The number of hydrogen-bond acceptors (Lipinski definition) is 9. The molecule has 5 heterocycles. The van der Waals surface area contributed by atoms with E-state index in [0.717, 1.165) is 49.9 Å². The summed E-state index contributed by atoms with van der Waals surface area (Å²) in [5.74, 6) is 0.321. The van der Waals surface area contributed by atoms with Crippen molar-refractivity contribution >= 4 is 34.9 Å². The van der Waals surface area contributed by atoms with Crippen LogP contribution in [0.25, 0.3) is 17.5 Å². The topological polar surface area (TPSA) is 129 Å². The minimum Gasteiger partial charge on any atom is -0.341 e. The molecule has 12 heteroatoms. The summed E-state index contributed by atoms with van der Waals surface area (Å²) in [5, 5.41) is 12.0. The zero-order valence-electron chi connectivity index (χ0n) is 18.7. The molecule has 0 radical (unpaired) electrons. The number of thioether (sulfide) groups is 1. The van der Waals surface area contributed by atoms with Crippen LogP contribution in [0.2, 0.25) is 0 Å². The fraction of sp³-hybridized carbons (Fsp3) is 0.304. The number of piperidine rings is 1. The van der Waals surface area contributed by atoms with Crippen molar-refractivity contribution < 1.29 is 14.0 Å². The van der Waals surface area contributed by atoms with E-state index in [4.69, 9.17) is 0 Å². The third kappa shape index (κ3) is 5.54. The smallest absolute Gasteiger partial charge is 0.290 e. The van der Waals surface area contributed by atoms with Crippen molar-refractivity contribution in [3.8, 4) is 11.4 Å². The van der Waals surface area contributed by atoms with Gasteiger partial charge in [-0.25, -0.2) is 14.4 Å². The third-order valence-electron chi connectivity index (χ3n) is 5.94. The lowest BCUT2D eigenvalue weighted by molar-refractivity contribution is -0.115. The maximum atomic E-state index is 14.2. The molecule has 0 unspecified atom stereocenters. The molecule has 180 valence electrons. The van der Waals surface area contributed by atoms with E-state index in [1.165, 1.54) is 6.20 Å². The lowest BCUT2D eigenvalue weighted by atomic mass is 9.97. The van der Waals surface area contributed by atoms with Gasteiger partial charge in [0.05, 0.1) is 28.2 Å². The zero-order valence-corrected chi connectivity index (χ0v) is 19.5. The van der Waals surface area contributed by atoms with Gasteiger partial charge in [-0.05, 0) is 61.3 Å². The number of amides is 2. The van der Waals surface area contributed by atoms with E-state index in [1.54, 1.807) is 36.7 Å². The molecule has 2 fully saturated rings. The van der Waals surface area contributed by atoms with Gasteiger partial charge < -0.3 is 10.2 Å². The van der Waals surface area contributed by atoms with Crippen LogP contribution in [0.1, 0.15) is 24.1 Å². The van der Waals surface area contributed by atoms with Gasteiger partial charge in [0.25, 0.3) is 11.1 Å². The summed E-state index contributed by atoms with van der Waals surface area (Å²) in [5.41, 5.74) is 2.56. The van der Waals surface area contributed by atoms with Gasteiger partial charge in [-0.15, -0.1) is 0 Å². The summed E-state index contributed by atoms with van der Waals surface area (Å²) in [6, 6.07) is 5.24. The molecule has 3 aromatic heterocycles. The van der Waals surface area contributed by atoms with Gasteiger partial charge in [0, 0.05) is 37.6 Å². The van der Waals surface area contributed by atoms with Gasteiger partial charge in [-0.1, -0.05) is 0 Å². The predicted molar refractivity (Wildman–Crippen MR) is 130 cm³/mol. The second-order valence-electron chi connectivity index (χ2n) is 8.33. The number of hydrogen-bond donors (Lipinski definition) is 3. The zero-order chi connectivity index (χ0) is 24.2. The minimum absolute atomic E-state index is 0.326. The summed E-state index contributed by atoms with van der Waals surface area (Å²) in [4.78, 5) is 38.6. The number of H-pyrrole nitrogens is 1. The van der Waals surface area contributed by atoms with Crippen molar-refractivity contribution in [1.82, 2.24) is 35.8 Å². The first-order valence-corrected chi connectivity index (χ1v) is 12.0. The Bertz CT molecular complexity index is 1260. The van der Waals surface area contributed by atoms with Crippen molar-refractivity contribution in [2.45, 2.75) is 19.4 Å². The molecule has 2 saturated heterocycles. The largest absolute Gasteiger partial charge is 0.341 e. The quantitative estimate of drug-likeness (QED) is 0.425. The number of nitrogens with one attached hydrogen (secondary N) is 3. The number of nitrogens with zero attached hydrogens (tertiary/aromatic N) is 5. The van der Waals surface area contributed by atoms with Crippen molar-refractivity contribution in [3.05, 3.63) is 58.8 Å². The number of anilines is 1. The van der Waals surface area contributed by atoms with Crippen molar-refractivity contribution in [2.75, 3.05) is 24.5 Å². The summed E-state index contributed by atoms with van der Waals surface area (Å²) in [6.07, 6.45) is 8.04. The van der Waals surface area contributed by atoms with Gasteiger partial charge in [-0.2, -0.15) is 5.10 Å². The highest BCUT2D eigenvalue weighted by Gasteiger charge is 2.26. The number of rotatable bonds is 7. The van der Waals surface area contributed by atoms with E-state index in [1.807, 2.05) is 0 Å². The van der Waals surface area contributed by atoms with Crippen molar-refractivity contribution in [3.63, 3.8) is 0 Å². The normalized spacial score (nSPS) is 17.9.